The number of hydrogen-bond acceptors (Lipinski definition) is 4. The van der Waals surface area contributed by atoms with Crippen LogP contribution in [0.4, 0.5) is 4.79 Å². The molecule has 0 atom stereocenters. The van der Waals surface area contributed by atoms with Gasteiger partial charge in [-0.05, 0) is 26.8 Å². The number of hydrogen-bond donors (Lipinski definition) is 1. The van der Waals surface area contributed by atoms with Crippen LogP contribution in [0.3, 0.4) is 0 Å². The monoisotopic (exact) mass is 255 g/mol. The third kappa shape index (κ3) is 4.90. The molecule has 1 amide bonds. The molecule has 1 aliphatic heterocycles. The second-order valence-corrected chi connectivity index (χ2v) is 4.73. The summed E-state index contributed by atoms with van der Waals surface area (Å²) in [5.74, 6) is -0.761. The third-order valence-corrected chi connectivity index (χ3v) is 1.90. The second kappa shape index (κ2) is 5.57. The van der Waals surface area contributed by atoms with Crippen molar-refractivity contribution < 1.29 is 24.2 Å². The zero-order valence-corrected chi connectivity index (χ0v) is 10.7. The van der Waals surface area contributed by atoms with Crippen molar-refractivity contribution in [3.63, 3.8) is 0 Å². The van der Waals surface area contributed by atoms with Gasteiger partial charge < -0.3 is 14.6 Å². The number of rotatable bonds is 2. The van der Waals surface area contributed by atoms with E-state index in [1.807, 2.05) is 0 Å². The summed E-state index contributed by atoms with van der Waals surface area (Å²) in [6.45, 7) is 6.01. The number of nitrogens with zero attached hydrogens (tertiary/aromatic N) is 1. The van der Waals surface area contributed by atoms with Crippen LogP contribution < -0.4 is 0 Å². The third-order valence-electron chi connectivity index (χ3n) is 1.90. The minimum Gasteiger partial charge on any atom is -0.490 e. The van der Waals surface area contributed by atoms with Gasteiger partial charge in [0.1, 0.15) is 18.0 Å². The summed E-state index contributed by atoms with van der Waals surface area (Å²) < 4.78 is 10.4. The van der Waals surface area contributed by atoms with E-state index < -0.39 is 17.7 Å². The standard InChI is InChI=1S/C12H17NO5/c1-12(2,3)18-11(16)13-6-7-17-9(8-13)4-5-10(14)15/h4-5,8H,6-7H2,1-3H3,(H,14,15)/b5-4+. The van der Waals surface area contributed by atoms with Crippen molar-refractivity contribution in [2.24, 2.45) is 0 Å². The lowest BCUT2D eigenvalue weighted by Gasteiger charge is -2.28. The summed E-state index contributed by atoms with van der Waals surface area (Å²) >= 11 is 0. The summed E-state index contributed by atoms with van der Waals surface area (Å²) in [4.78, 5) is 23.5. The van der Waals surface area contributed by atoms with E-state index in [4.69, 9.17) is 14.6 Å². The maximum Gasteiger partial charge on any atom is 0.414 e. The van der Waals surface area contributed by atoms with E-state index in [2.05, 4.69) is 0 Å². The lowest BCUT2D eigenvalue weighted by Crippen LogP contribution is -2.37. The molecule has 0 aromatic carbocycles. The minimum atomic E-state index is -1.08. The first-order valence-corrected chi connectivity index (χ1v) is 5.53. The molecular weight excluding hydrogens is 238 g/mol. The molecule has 0 bridgehead atoms. The molecule has 1 N–H and O–H groups in total. The number of amides is 1. The van der Waals surface area contributed by atoms with Crippen LogP contribution in [-0.2, 0) is 14.3 Å². The lowest BCUT2D eigenvalue weighted by atomic mass is 10.2. The summed E-state index contributed by atoms with van der Waals surface area (Å²) in [5.41, 5.74) is -0.569. The molecule has 6 nitrogen and oxygen atoms in total. The van der Waals surface area contributed by atoms with Crippen LogP contribution in [0.15, 0.2) is 24.1 Å². The smallest absolute Gasteiger partial charge is 0.414 e. The fourth-order valence-corrected chi connectivity index (χ4v) is 1.23. The summed E-state index contributed by atoms with van der Waals surface area (Å²) in [6.07, 6.45) is 3.19. The Kier molecular flexibility index (Phi) is 4.36. The van der Waals surface area contributed by atoms with Crippen molar-refractivity contribution in [3.05, 3.63) is 24.1 Å². The van der Waals surface area contributed by atoms with Crippen LogP contribution in [0.25, 0.3) is 0 Å². The minimum absolute atomic E-state index is 0.301. The average Bonchev–Trinajstić information content (AvgIpc) is 2.24. The van der Waals surface area contributed by atoms with Gasteiger partial charge in [0.15, 0.2) is 0 Å². The highest BCUT2D eigenvalue weighted by Crippen LogP contribution is 2.14. The maximum atomic E-state index is 11.8. The molecule has 0 spiro atoms. The lowest BCUT2D eigenvalue weighted by molar-refractivity contribution is -0.131. The number of ether oxygens (including phenoxy) is 2. The Balaban J connectivity index is 2.70. The van der Waals surface area contributed by atoms with Gasteiger partial charge in [-0.15, -0.1) is 0 Å². The second-order valence-electron chi connectivity index (χ2n) is 4.73. The normalized spacial score (nSPS) is 16.2. The number of aliphatic carboxylic acids is 1. The fraction of sp³-hybridized carbons (Fsp3) is 0.500. The molecule has 100 valence electrons. The molecular formula is C12H17NO5. The zero-order chi connectivity index (χ0) is 13.8. The molecule has 0 aromatic heterocycles. The Labute approximate surface area is 105 Å². The molecule has 0 saturated carbocycles. The van der Waals surface area contributed by atoms with E-state index >= 15 is 0 Å². The molecule has 1 aliphatic rings. The SMILES string of the molecule is CC(C)(C)OC(=O)N1C=C(/C=C/C(=O)O)OCC1. The first-order chi connectivity index (χ1) is 8.28. The van der Waals surface area contributed by atoms with E-state index in [1.54, 1.807) is 20.8 Å². The van der Waals surface area contributed by atoms with Crippen LogP contribution in [0, 0.1) is 0 Å². The highest BCUT2D eigenvalue weighted by molar-refractivity contribution is 5.80. The average molecular weight is 255 g/mol. The number of carbonyl (C=O) groups excluding carboxylic acids is 1. The van der Waals surface area contributed by atoms with Crippen LogP contribution in [-0.4, -0.2) is 40.8 Å². The highest BCUT2D eigenvalue weighted by atomic mass is 16.6. The van der Waals surface area contributed by atoms with E-state index in [9.17, 15) is 9.59 Å². The molecule has 1 rings (SSSR count). The van der Waals surface area contributed by atoms with Crippen molar-refractivity contribution in [1.82, 2.24) is 4.90 Å². The number of carboxylic acids is 1. The summed E-state index contributed by atoms with van der Waals surface area (Å²) in [6, 6.07) is 0. The topological polar surface area (TPSA) is 76.1 Å². The van der Waals surface area contributed by atoms with E-state index in [0.29, 0.717) is 18.9 Å². The van der Waals surface area contributed by atoms with Gasteiger partial charge in [0, 0.05) is 6.08 Å². The maximum absolute atomic E-state index is 11.8. The number of allylic oxidation sites excluding steroid dienone is 1. The van der Waals surface area contributed by atoms with Crippen molar-refractivity contribution in [1.29, 1.82) is 0 Å². The number of carbonyl (C=O) groups is 2. The van der Waals surface area contributed by atoms with Gasteiger partial charge >= 0.3 is 12.1 Å². The van der Waals surface area contributed by atoms with Crippen LogP contribution >= 0.6 is 0 Å². The number of carboxylic acid groups (broad SMARTS) is 1. The molecule has 1 heterocycles. The first-order valence-electron chi connectivity index (χ1n) is 5.53. The Bertz CT molecular complexity index is 392. The van der Waals surface area contributed by atoms with E-state index in [1.165, 1.54) is 17.2 Å². The van der Waals surface area contributed by atoms with Crippen molar-refractivity contribution in [3.8, 4) is 0 Å². The van der Waals surface area contributed by atoms with E-state index in [0.717, 1.165) is 6.08 Å². The Morgan fingerprint density at radius 3 is 2.72 bits per heavy atom. The first kappa shape index (κ1) is 14.1. The van der Waals surface area contributed by atoms with Crippen molar-refractivity contribution in [2.75, 3.05) is 13.2 Å². The molecule has 0 unspecified atom stereocenters. The van der Waals surface area contributed by atoms with Gasteiger partial charge in [0.05, 0.1) is 12.7 Å². The van der Waals surface area contributed by atoms with Crippen molar-refractivity contribution >= 4 is 12.1 Å². The van der Waals surface area contributed by atoms with Gasteiger partial charge in [0.25, 0.3) is 0 Å². The Morgan fingerprint density at radius 1 is 1.50 bits per heavy atom. The van der Waals surface area contributed by atoms with Crippen molar-refractivity contribution in [2.45, 2.75) is 26.4 Å². The van der Waals surface area contributed by atoms with E-state index in [-0.39, 0.29) is 0 Å². The highest BCUT2D eigenvalue weighted by Gasteiger charge is 2.23. The largest absolute Gasteiger partial charge is 0.490 e. The Morgan fingerprint density at radius 2 is 2.17 bits per heavy atom. The summed E-state index contributed by atoms with van der Waals surface area (Å²) in [7, 11) is 0. The molecule has 0 aliphatic carbocycles. The van der Waals surface area contributed by atoms with Gasteiger partial charge in [-0.3, -0.25) is 4.90 Å². The van der Waals surface area contributed by atoms with Crippen LogP contribution in [0.5, 0.6) is 0 Å². The van der Waals surface area contributed by atoms with Crippen LogP contribution in [0.2, 0.25) is 0 Å². The van der Waals surface area contributed by atoms with Gasteiger partial charge in [-0.2, -0.15) is 0 Å². The molecule has 18 heavy (non-hydrogen) atoms. The van der Waals surface area contributed by atoms with Gasteiger partial charge in [-0.1, -0.05) is 0 Å². The van der Waals surface area contributed by atoms with Crippen LogP contribution in [0.1, 0.15) is 20.8 Å². The predicted octanol–water partition coefficient (Wildman–Crippen LogP) is 1.74. The predicted molar refractivity (Wildman–Crippen MR) is 63.8 cm³/mol. The van der Waals surface area contributed by atoms with Gasteiger partial charge in [0.2, 0.25) is 0 Å². The molecule has 6 heteroatoms. The van der Waals surface area contributed by atoms with Gasteiger partial charge in [-0.25, -0.2) is 9.59 Å². The zero-order valence-electron chi connectivity index (χ0n) is 10.7. The molecule has 0 radical (unpaired) electrons. The molecule has 0 aromatic rings. The quantitative estimate of drug-likeness (QED) is 0.760. The Hall–Kier alpha value is -1.98. The molecule has 0 saturated heterocycles. The fourth-order valence-electron chi connectivity index (χ4n) is 1.23. The molecule has 0 fully saturated rings. The summed E-state index contributed by atoms with van der Waals surface area (Å²) in [5, 5.41) is 8.50.